The molecule has 0 nitrogen and oxygen atoms in total. The lowest BCUT2D eigenvalue weighted by molar-refractivity contribution is 0.365. The SMILES string of the molecule is CCCCCCCC(C)(CCCCCCC)C(=S)SCC. The Bertz CT molecular complexity index is 234. The molecule has 0 saturated heterocycles. The van der Waals surface area contributed by atoms with Crippen molar-refractivity contribution in [2.75, 3.05) is 5.75 Å². The molecule has 0 aliphatic carbocycles. The second-order valence-corrected chi connectivity index (χ2v) is 8.55. The van der Waals surface area contributed by atoms with Crippen molar-refractivity contribution in [2.24, 2.45) is 5.41 Å². The molecule has 0 heterocycles. The fraction of sp³-hybridized carbons (Fsp3) is 0.947. The molecule has 0 aromatic carbocycles. The van der Waals surface area contributed by atoms with E-state index in [2.05, 4.69) is 27.7 Å². The third-order valence-electron chi connectivity index (χ3n) is 4.43. The lowest BCUT2D eigenvalue weighted by atomic mass is 9.81. The summed E-state index contributed by atoms with van der Waals surface area (Å²) in [5.74, 6) is 1.13. The van der Waals surface area contributed by atoms with Crippen LogP contribution in [0.15, 0.2) is 0 Å². The van der Waals surface area contributed by atoms with Crippen LogP contribution in [0.5, 0.6) is 0 Å². The summed E-state index contributed by atoms with van der Waals surface area (Å²) >= 11 is 7.66. The first kappa shape index (κ1) is 21.4. The van der Waals surface area contributed by atoms with E-state index in [1.54, 1.807) is 0 Å². The van der Waals surface area contributed by atoms with Gasteiger partial charge in [-0.2, -0.15) is 0 Å². The van der Waals surface area contributed by atoms with E-state index < -0.39 is 0 Å². The van der Waals surface area contributed by atoms with Gasteiger partial charge in [0.05, 0.1) is 4.20 Å². The van der Waals surface area contributed by atoms with Crippen LogP contribution in [0.1, 0.15) is 105 Å². The highest BCUT2D eigenvalue weighted by molar-refractivity contribution is 8.23. The Kier molecular flexibility index (Phi) is 14.4. The molecule has 0 saturated carbocycles. The molecule has 0 radical (unpaired) electrons. The van der Waals surface area contributed by atoms with Crippen molar-refractivity contribution < 1.29 is 0 Å². The summed E-state index contributed by atoms with van der Waals surface area (Å²) in [6.45, 7) is 9.22. The number of thiocarbonyl (C=S) groups is 1. The smallest absolute Gasteiger partial charge is 0.0537 e. The summed E-state index contributed by atoms with van der Waals surface area (Å²) in [5, 5.41) is 0. The fourth-order valence-electron chi connectivity index (χ4n) is 2.87. The maximum Gasteiger partial charge on any atom is 0.0537 e. The Morgan fingerprint density at radius 1 is 0.762 bits per heavy atom. The number of thioether (sulfide) groups is 1. The second-order valence-electron chi connectivity index (χ2n) is 6.61. The summed E-state index contributed by atoms with van der Waals surface area (Å²) in [4.78, 5) is 0. The monoisotopic (exact) mass is 330 g/mol. The molecule has 0 atom stereocenters. The topological polar surface area (TPSA) is 0 Å². The number of unbranched alkanes of at least 4 members (excludes halogenated alkanes) is 8. The molecule has 0 N–H and O–H groups in total. The van der Waals surface area contributed by atoms with E-state index in [0.717, 1.165) is 5.75 Å². The van der Waals surface area contributed by atoms with Gasteiger partial charge in [0.15, 0.2) is 0 Å². The lowest BCUT2D eigenvalue weighted by Gasteiger charge is -2.30. The number of hydrogen-bond acceptors (Lipinski definition) is 2. The summed E-state index contributed by atoms with van der Waals surface area (Å²) in [5.41, 5.74) is 0.300. The molecule has 0 aliphatic heterocycles. The molecule has 0 bridgehead atoms. The third-order valence-corrected chi connectivity index (χ3v) is 6.32. The van der Waals surface area contributed by atoms with Crippen LogP contribution in [-0.4, -0.2) is 9.95 Å². The zero-order valence-electron chi connectivity index (χ0n) is 15.0. The van der Waals surface area contributed by atoms with Gasteiger partial charge in [-0.1, -0.05) is 104 Å². The molecule has 0 aromatic rings. The van der Waals surface area contributed by atoms with E-state index >= 15 is 0 Å². The van der Waals surface area contributed by atoms with E-state index in [0.29, 0.717) is 5.41 Å². The first-order valence-electron chi connectivity index (χ1n) is 9.28. The lowest BCUT2D eigenvalue weighted by Crippen LogP contribution is -2.24. The highest BCUT2D eigenvalue weighted by Crippen LogP contribution is 2.37. The first-order chi connectivity index (χ1) is 10.1. The van der Waals surface area contributed by atoms with Gasteiger partial charge in [0.2, 0.25) is 0 Å². The van der Waals surface area contributed by atoms with Crippen LogP contribution in [-0.2, 0) is 0 Å². The minimum Gasteiger partial charge on any atom is -0.119 e. The molecule has 126 valence electrons. The Morgan fingerprint density at radius 3 is 1.57 bits per heavy atom. The Hall–Kier alpha value is 0.440. The van der Waals surface area contributed by atoms with Gasteiger partial charge in [-0.3, -0.25) is 0 Å². The Balaban J connectivity index is 4.17. The van der Waals surface area contributed by atoms with Gasteiger partial charge in [-0.15, -0.1) is 11.8 Å². The van der Waals surface area contributed by atoms with E-state index in [1.807, 2.05) is 11.8 Å². The maximum atomic E-state index is 5.75. The van der Waals surface area contributed by atoms with Crippen LogP contribution in [0.2, 0.25) is 0 Å². The predicted molar refractivity (Wildman–Crippen MR) is 106 cm³/mol. The molecule has 0 aromatic heterocycles. The molecule has 0 amide bonds. The van der Waals surface area contributed by atoms with Crippen molar-refractivity contribution in [2.45, 2.75) is 105 Å². The molecule has 0 spiro atoms. The van der Waals surface area contributed by atoms with Crippen LogP contribution in [0, 0.1) is 5.41 Å². The van der Waals surface area contributed by atoms with Gasteiger partial charge in [0.25, 0.3) is 0 Å². The third kappa shape index (κ3) is 10.7. The Labute approximate surface area is 144 Å². The summed E-state index contributed by atoms with van der Waals surface area (Å²) in [7, 11) is 0. The zero-order valence-corrected chi connectivity index (χ0v) is 16.6. The molecule has 0 unspecified atom stereocenters. The second kappa shape index (κ2) is 14.1. The molecular weight excluding hydrogens is 292 g/mol. The number of rotatable bonds is 14. The molecule has 0 aliphatic rings. The van der Waals surface area contributed by atoms with Crippen molar-refractivity contribution in [1.82, 2.24) is 0 Å². The standard InChI is InChI=1S/C19H38S2/c1-5-8-10-12-14-16-19(4,18(20)21-7-3)17-15-13-11-9-6-2/h5-17H2,1-4H3. The summed E-state index contributed by atoms with van der Waals surface area (Å²) in [6, 6.07) is 0. The van der Waals surface area contributed by atoms with Crippen LogP contribution in [0.25, 0.3) is 0 Å². The molecule has 2 heteroatoms. The molecular formula is C19H38S2. The van der Waals surface area contributed by atoms with Crippen LogP contribution < -0.4 is 0 Å². The van der Waals surface area contributed by atoms with Crippen molar-refractivity contribution in [3.8, 4) is 0 Å². The molecule has 0 fully saturated rings. The van der Waals surface area contributed by atoms with Gasteiger partial charge >= 0.3 is 0 Å². The minimum absolute atomic E-state index is 0.300. The maximum absolute atomic E-state index is 5.75. The van der Waals surface area contributed by atoms with E-state index in [4.69, 9.17) is 12.2 Å². The molecule has 0 rings (SSSR count). The van der Waals surface area contributed by atoms with Gasteiger partial charge in [-0.05, 0) is 18.6 Å². The fourth-order valence-corrected chi connectivity index (χ4v) is 4.24. The number of hydrogen-bond donors (Lipinski definition) is 0. The average molecular weight is 331 g/mol. The van der Waals surface area contributed by atoms with Gasteiger partial charge in [0, 0.05) is 5.41 Å². The van der Waals surface area contributed by atoms with Gasteiger partial charge < -0.3 is 0 Å². The Morgan fingerprint density at radius 2 is 1.19 bits per heavy atom. The highest BCUT2D eigenvalue weighted by atomic mass is 32.2. The van der Waals surface area contributed by atoms with Gasteiger partial charge in [0.1, 0.15) is 0 Å². The van der Waals surface area contributed by atoms with Crippen LogP contribution in [0.4, 0.5) is 0 Å². The van der Waals surface area contributed by atoms with Crippen molar-refractivity contribution in [3.63, 3.8) is 0 Å². The zero-order chi connectivity index (χ0) is 16.0. The largest absolute Gasteiger partial charge is 0.119 e. The minimum atomic E-state index is 0.300. The average Bonchev–Trinajstić information content (AvgIpc) is 2.47. The highest BCUT2D eigenvalue weighted by Gasteiger charge is 2.28. The van der Waals surface area contributed by atoms with E-state index in [1.165, 1.54) is 81.2 Å². The van der Waals surface area contributed by atoms with Crippen LogP contribution >= 0.6 is 24.0 Å². The normalized spacial score (nSPS) is 11.8. The van der Waals surface area contributed by atoms with E-state index in [-0.39, 0.29) is 0 Å². The summed E-state index contributed by atoms with van der Waals surface area (Å²) in [6.07, 6.45) is 16.3. The van der Waals surface area contributed by atoms with Crippen molar-refractivity contribution in [1.29, 1.82) is 0 Å². The quantitative estimate of drug-likeness (QED) is 0.235. The van der Waals surface area contributed by atoms with Crippen molar-refractivity contribution >= 4 is 28.2 Å². The predicted octanol–water partition coefficient (Wildman–Crippen LogP) is 7.79. The summed E-state index contributed by atoms with van der Waals surface area (Å²) < 4.78 is 1.27. The van der Waals surface area contributed by atoms with Gasteiger partial charge in [-0.25, -0.2) is 0 Å². The van der Waals surface area contributed by atoms with Crippen LogP contribution in [0.3, 0.4) is 0 Å². The van der Waals surface area contributed by atoms with Crippen molar-refractivity contribution in [3.05, 3.63) is 0 Å². The van der Waals surface area contributed by atoms with E-state index in [9.17, 15) is 0 Å². The first-order valence-corrected chi connectivity index (χ1v) is 10.7. The molecule has 21 heavy (non-hydrogen) atoms.